The third-order valence-corrected chi connectivity index (χ3v) is 3.73. The van der Waals surface area contributed by atoms with Crippen molar-refractivity contribution in [1.82, 2.24) is 5.06 Å². The number of nitrogens with zero attached hydrogens (tertiary/aromatic N) is 1. The average Bonchev–Trinajstić information content (AvgIpc) is 2.97. The molecule has 2 rings (SSSR count). The summed E-state index contributed by atoms with van der Waals surface area (Å²) in [5.41, 5.74) is -0.562. The highest BCUT2D eigenvalue weighted by atomic mass is 16.8. The normalized spacial score (nSPS) is 15.9. The summed E-state index contributed by atoms with van der Waals surface area (Å²) in [5, 5.41) is 0.346. The van der Waals surface area contributed by atoms with E-state index >= 15 is 0 Å². The Hall–Kier alpha value is -3.43. The van der Waals surface area contributed by atoms with Crippen molar-refractivity contribution in [3.05, 3.63) is 35.9 Å². The van der Waals surface area contributed by atoms with Gasteiger partial charge >= 0.3 is 18.1 Å². The van der Waals surface area contributed by atoms with Gasteiger partial charge in [0.15, 0.2) is 6.10 Å². The zero-order chi connectivity index (χ0) is 22.5. The van der Waals surface area contributed by atoms with E-state index < -0.39 is 47.7 Å². The van der Waals surface area contributed by atoms with E-state index in [1.807, 2.05) is 0 Å². The largest absolute Gasteiger partial charge is 0.509 e. The second-order valence-electron chi connectivity index (χ2n) is 7.44. The number of imide groups is 1. The summed E-state index contributed by atoms with van der Waals surface area (Å²) >= 11 is 0. The molecule has 10 nitrogen and oxygen atoms in total. The van der Waals surface area contributed by atoms with Gasteiger partial charge < -0.3 is 19.0 Å². The maximum Gasteiger partial charge on any atom is 0.509 e. The fourth-order valence-electron chi connectivity index (χ4n) is 2.36. The lowest BCUT2D eigenvalue weighted by Gasteiger charge is -2.23. The summed E-state index contributed by atoms with van der Waals surface area (Å²) in [6, 6.07) is 8.00. The van der Waals surface area contributed by atoms with Gasteiger partial charge in [-0.2, -0.15) is 0 Å². The van der Waals surface area contributed by atoms with Gasteiger partial charge in [-0.05, 0) is 27.7 Å². The number of hydroxylamine groups is 2. The van der Waals surface area contributed by atoms with Crippen LogP contribution in [0.15, 0.2) is 30.3 Å². The van der Waals surface area contributed by atoms with Crippen molar-refractivity contribution in [1.29, 1.82) is 0 Å². The highest BCUT2D eigenvalue weighted by Crippen LogP contribution is 2.22. The standard InChI is InChI=1S/C20H23NO9/c1-12(17(24)30-21-14(22)10-11-15(21)23)27-18(25)16(13-8-6-5-7-9-13)28-19(26)29-20(2,3)4/h5-9,12,16H,10-11H2,1-4H3/t12?,16-/m0/s1. The number of hydrogen-bond acceptors (Lipinski definition) is 9. The van der Waals surface area contributed by atoms with Crippen LogP contribution >= 0.6 is 0 Å². The van der Waals surface area contributed by atoms with Crippen LogP contribution in [0.25, 0.3) is 0 Å². The average molecular weight is 421 g/mol. The van der Waals surface area contributed by atoms with Crippen LogP contribution in [0.5, 0.6) is 0 Å². The molecule has 0 aromatic heterocycles. The Kier molecular flexibility index (Phi) is 7.14. The van der Waals surface area contributed by atoms with E-state index in [1.165, 1.54) is 19.1 Å². The third kappa shape index (κ3) is 6.29. The van der Waals surface area contributed by atoms with Gasteiger partial charge in [0.1, 0.15) is 5.60 Å². The summed E-state index contributed by atoms with van der Waals surface area (Å²) in [4.78, 5) is 64.6. The SMILES string of the molecule is CC(OC(=O)[C@@H](OC(=O)OC(C)(C)C)c1ccccc1)C(=O)ON1C(=O)CCC1=O. The molecule has 162 valence electrons. The Bertz CT molecular complexity index is 812. The van der Waals surface area contributed by atoms with E-state index in [9.17, 15) is 24.0 Å². The summed E-state index contributed by atoms with van der Waals surface area (Å²) < 4.78 is 15.2. The zero-order valence-electron chi connectivity index (χ0n) is 17.1. The Labute approximate surface area is 173 Å². The highest BCUT2D eigenvalue weighted by Gasteiger charge is 2.36. The van der Waals surface area contributed by atoms with Crippen LogP contribution in [0.1, 0.15) is 52.2 Å². The lowest BCUT2D eigenvalue weighted by atomic mass is 10.1. The third-order valence-electron chi connectivity index (χ3n) is 3.73. The first-order chi connectivity index (χ1) is 14.0. The molecule has 10 heteroatoms. The van der Waals surface area contributed by atoms with Gasteiger partial charge in [0.25, 0.3) is 11.8 Å². The number of hydrogen-bond donors (Lipinski definition) is 0. The van der Waals surface area contributed by atoms with Crippen molar-refractivity contribution in [3.63, 3.8) is 0 Å². The molecule has 1 fully saturated rings. The fraction of sp³-hybridized carbons (Fsp3) is 0.450. The molecular formula is C20H23NO9. The van der Waals surface area contributed by atoms with E-state index in [0.717, 1.165) is 0 Å². The summed E-state index contributed by atoms with van der Waals surface area (Å²) in [7, 11) is 0. The van der Waals surface area contributed by atoms with Crippen molar-refractivity contribution in [2.75, 3.05) is 0 Å². The van der Waals surface area contributed by atoms with Crippen LogP contribution in [-0.2, 0) is 38.2 Å². The molecule has 0 spiro atoms. The van der Waals surface area contributed by atoms with Crippen LogP contribution in [0, 0.1) is 0 Å². The number of carbonyl (C=O) groups is 5. The molecule has 0 bridgehead atoms. The second-order valence-corrected chi connectivity index (χ2v) is 7.44. The number of rotatable bonds is 6. The van der Waals surface area contributed by atoms with E-state index in [1.54, 1.807) is 39.0 Å². The Morgan fingerprint density at radius 2 is 1.50 bits per heavy atom. The van der Waals surface area contributed by atoms with Crippen LogP contribution in [0.2, 0.25) is 0 Å². The fourth-order valence-corrected chi connectivity index (χ4v) is 2.36. The highest BCUT2D eigenvalue weighted by molar-refractivity contribution is 6.01. The second kappa shape index (κ2) is 9.38. The Morgan fingerprint density at radius 1 is 0.933 bits per heavy atom. The van der Waals surface area contributed by atoms with E-state index in [-0.39, 0.29) is 12.8 Å². The molecule has 1 unspecified atom stereocenters. The monoisotopic (exact) mass is 421 g/mol. The molecule has 0 N–H and O–H groups in total. The molecule has 0 saturated carbocycles. The van der Waals surface area contributed by atoms with Crippen LogP contribution < -0.4 is 0 Å². The zero-order valence-corrected chi connectivity index (χ0v) is 17.1. The van der Waals surface area contributed by atoms with Gasteiger partial charge in [-0.15, -0.1) is 5.06 Å². The van der Waals surface area contributed by atoms with Crippen molar-refractivity contribution in [3.8, 4) is 0 Å². The maximum absolute atomic E-state index is 12.6. The molecule has 2 amide bonds. The number of esters is 1. The van der Waals surface area contributed by atoms with Gasteiger partial charge in [0.05, 0.1) is 0 Å². The predicted molar refractivity (Wildman–Crippen MR) is 99.2 cm³/mol. The quantitative estimate of drug-likeness (QED) is 0.502. The molecule has 0 radical (unpaired) electrons. The maximum atomic E-state index is 12.6. The van der Waals surface area contributed by atoms with Gasteiger partial charge in [-0.25, -0.2) is 14.4 Å². The van der Waals surface area contributed by atoms with E-state index in [0.29, 0.717) is 10.6 Å². The summed E-state index contributed by atoms with van der Waals surface area (Å²) in [5.74, 6) is -3.52. The molecule has 30 heavy (non-hydrogen) atoms. The Morgan fingerprint density at radius 3 is 2.03 bits per heavy atom. The number of carbonyl (C=O) groups excluding carboxylic acids is 5. The first-order valence-corrected chi connectivity index (χ1v) is 9.20. The number of ether oxygens (including phenoxy) is 3. The number of benzene rings is 1. The topological polar surface area (TPSA) is 126 Å². The van der Waals surface area contributed by atoms with Crippen molar-refractivity contribution in [2.45, 2.75) is 58.3 Å². The molecule has 2 atom stereocenters. The van der Waals surface area contributed by atoms with Crippen molar-refractivity contribution in [2.24, 2.45) is 0 Å². The molecule has 1 aromatic rings. The lowest BCUT2D eigenvalue weighted by molar-refractivity contribution is -0.206. The van der Waals surface area contributed by atoms with E-state index in [2.05, 4.69) is 0 Å². The molecule has 1 aliphatic rings. The summed E-state index contributed by atoms with van der Waals surface area (Å²) in [6.45, 7) is 6.08. The van der Waals surface area contributed by atoms with Gasteiger partial charge in [-0.1, -0.05) is 30.3 Å². The predicted octanol–water partition coefficient (Wildman–Crippen LogP) is 2.22. The van der Waals surface area contributed by atoms with Crippen molar-refractivity contribution < 1.29 is 43.0 Å². The minimum absolute atomic E-state index is 0.0694. The molecule has 1 aromatic carbocycles. The van der Waals surface area contributed by atoms with Crippen LogP contribution in [0.4, 0.5) is 4.79 Å². The van der Waals surface area contributed by atoms with Crippen LogP contribution in [-0.4, -0.2) is 46.7 Å². The molecule has 1 heterocycles. The molecular weight excluding hydrogens is 398 g/mol. The molecule has 1 saturated heterocycles. The van der Waals surface area contributed by atoms with Gasteiger partial charge in [-0.3, -0.25) is 9.59 Å². The molecule has 0 aliphatic carbocycles. The first-order valence-electron chi connectivity index (χ1n) is 9.20. The molecule has 1 aliphatic heterocycles. The minimum Gasteiger partial charge on any atom is -0.448 e. The van der Waals surface area contributed by atoms with Crippen LogP contribution in [0.3, 0.4) is 0 Å². The lowest BCUT2D eigenvalue weighted by Crippen LogP contribution is -2.38. The van der Waals surface area contributed by atoms with E-state index in [4.69, 9.17) is 19.0 Å². The smallest absolute Gasteiger partial charge is 0.448 e. The minimum atomic E-state index is -1.51. The first kappa shape index (κ1) is 22.9. The summed E-state index contributed by atoms with van der Waals surface area (Å²) in [6.07, 6.45) is -4.23. The number of amides is 2. The van der Waals surface area contributed by atoms with Gasteiger partial charge in [0, 0.05) is 18.4 Å². The van der Waals surface area contributed by atoms with Gasteiger partial charge in [0.2, 0.25) is 6.10 Å². The van der Waals surface area contributed by atoms with Crippen molar-refractivity contribution >= 4 is 29.9 Å². The Balaban J connectivity index is 2.07.